The largest absolute Gasteiger partial charge is 0.359 e. The highest BCUT2D eigenvalue weighted by Crippen LogP contribution is 2.25. The third kappa shape index (κ3) is 4.54. The molecule has 0 aliphatic carbocycles. The van der Waals surface area contributed by atoms with E-state index in [0.29, 0.717) is 21.7 Å². The second-order valence-electron chi connectivity index (χ2n) is 3.53. The first kappa shape index (κ1) is 14.3. The quantitative estimate of drug-likeness (QED) is 0.653. The van der Waals surface area contributed by atoms with E-state index in [2.05, 4.69) is 17.2 Å². The SMILES string of the molecule is C=CCNC(=S)N[C@H](C)c1ccc(Cl)cc1Cl. The molecule has 1 rings (SSSR count). The van der Waals surface area contributed by atoms with E-state index in [0.717, 1.165) is 5.56 Å². The Bertz CT molecular complexity index is 421. The van der Waals surface area contributed by atoms with E-state index in [1.165, 1.54) is 0 Å². The Morgan fingerprint density at radius 2 is 2.24 bits per heavy atom. The van der Waals surface area contributed by atoms with Crippen molar-refractivity contribution in [2.45, 2.75) is 13.0 Å². The van der Waals surface area contributed by atoms with E-state index < -0.39 is 0 Å². The van der Waals surface area contributed by atoms with Gasteiger partial charge in [-0.25, -0.2) is 0 Å². The lowest BCUT2D eigenvalue weighted by molar-refractivity contribution is 0.706. The lowest BCUT2D eigenvalue weighted by Crippen LogP contribution is -2.36. The average molecular weight is 289 g/mol. The number of benzene rings is 1. The van der Waals surface area contributed by atoms with Crippen molar-refractivity contribution in [2.75, 3.05) is 6.54 Å². The Morgan fingerprint density at radius 1 is 1.53 bits per heavy atom. The standard InChI is InChI=1S/C12H14Cl2N2S/c1-3-6-15-12(17)16-8(2)10-5-4-9(13)7-11(10)14/h3-5,7-8H,1,6H2,2H3,(H2,15,16,17)/t8-/m1/s1. The van der Waals surface area contributed by atoms with Gasteiger partial charge in [-0.3, -0.25) is 0 Å². The van der Waals surface area contributed by atoms with Gasteiger partial charge in [0.15, 0.2) is 5.11 Å². The maximum atomic E-state index is 6.11. The van der Waals surface area contributed by atoms with Crippen LogP contribution in [0.1, 0.15) is 18.5 Å². The number of thiocarbonyl (C=S) groups is 1. The second kappa shape index (κ2) is 6.84. The van der Waals surface area contributed by atoms with Crippen LogP contribution in [0, 0.1) is 0 Å². The molecule has 0 aliphatic rings. The highest BCUT2D eigenvalue weighted by Gasteiger charge is 2.10. The first-order valence-corrected chi connectivity index (χ1v) is 6.31. The minimum atomic E-state index is 0.0181. The van der Waals surface area contributed by atoms with Gasteiger partial charge in [0.2, 0.25) is 0 Å². The molecule has 2 nitrogen and oxygen atoms in total. The van der Waals surface area contributed by atoms with Crippen molar-refractivity contribution in [1.82, 2.24) is 10.6 Å². The lowest BCUT2D eigenvalue weighted by Gasteiger charge is -2.18. The fraction of sp³-hybridized carbons (Fsp3) is 0.250. The normalized spacial score (nSPS) is 11.7. The van der Waals surface area contributed by atoms with Gasteiger partial charge in [-0.2, -0.15) is 0 Å². The number of nitrogens with one attached hydrogen (secondary N) is 2. The fourth-order valence-corrected chi connectivity index (χ4v) is 2.18. The summed E-state index contributed by atoms with van der Waals surface area (Å²) in [6, 6.07) is 5.43. The lowest BCUT2D eigenvalue weighted by atomic mass is 10.1. The minimum absolute atomic E-state index is 0.0181. The van der Waals surface area contributed by atoms with Crippen molar-refractivity contribution in [2.24, 2.45) is 0 Å². The van der Waals surface area contributed by atoms with Gasteiger partial charge in [0, 0.05) is 16.6 Å². The molecule has 0 amide bonds. The van der Waals surface area contributed by atoms with Crippen molar-refractivity contribution >= 4 is 40.5 Å². The Hall–Kier alpha value is -0.770. The molecule has 0 aliphatic heterocycles. The summed E-state index contributed by atoms with van der Waals surface area (Å²) in [4.78, 5) is 0. The van der Waals surface area contributed by atoms with E-state index in [4.69, 9.17) is 35.4 Å². The van der Waals surface area contributed by atoms with Gasteiger partial charge in [0.05, 0.1) is 6.04 Å². The van der Waals surface area contributed by atoms with Gasteiger partial charge < -0.3 is 10.6 Å². The van der Waals surface area contributed by atoms with Crippen LogP contribution in [0.3, 0.4) is 0 Å². The molecule has 1 aromatic carbocycles. The molecule has 0 fully saturated rings. The molecule has 0 radical (unpaired) electrons. The molecule has 92 valence electrons. The van der Waals surface area contributed by atoms with Crippen LogP contribution in [0.25, 0.3) is 0 Å². The smallest absolute Gasteiger partial charge is 0.167 e. The molecule has 0 heterocycles. The van der Waals surface area contributed by atoms with Gasteiger partial charge in [-0.05, 0) is 36.8 Å². The van der Waals surface area contributed by atoms with E-state index in [-0.39, 0.29) is 6.04 Å². The van der Waals surface area contributed by atoms with E-state index in [9.17, 15) is 0 Å². The molecule has 2 N–H and O–H groups in total. The Morgan fingerprint density at radius 3 is 2.82 bits per heavy atom. The van der Waals surface area contributed by atoms with Crippen molar-refractivity contribution < 1.29 is 0 Å². The summed E-state index contributed by atoms with van der Waals surface area (Å²) in [6.45, 7) is 6.22. The molecule has 0 unspecified atom stereocenters. The molecule has 1 aromatic rings. The summed E-state index contributed by atoms with van der Waals surface area (Å²) in [5, 5.41) is 7.96. The molecule has 17 heavy (non-hydrogen) atoms. The molecule has 0 saturated heterocycles. The van der Waals surface area contributed by atoms with Gasteiger partial charge >= 0.3 is 0 Å². The zero-order valence-corrected chi connectivity index (χ0v) is 11.8. The summed E-state index contributed by atoms with van der Waals surface area (Å²) in [6.07, 6.45) is 1.74. The number of hydrogen-bond acceptors (Lipinski definition) is 1. The van der Waals surface area contributed by atoms with Crippen LogP contribution >= 0.6 is 35.4 Å². The van der Waals surface area contributed by atoms with Crippen molar-refractivity contribution in [3.63, 3.8) is 0 Å². The third-order valence-corrected chi connectivity index (χ3v) is 3.01. The minimum Gasteiger partial charge on any atom is -0.359 e. The van der Waals surface area contributed by atoms with Crippen LogP contribution in [-0.4, -0.2) is 11.7 Å². The number of hydrogen-bond donors (Lipinski definition) is 2. The average Bonchev–Trinajstić information content (AvgIpc) is 2.26. The Kier molecular flexibility index (Phi) is 5.75. The summed E-state index contributed by atoms with van der Waals surface area (Å²) >= 11 is 17.1. The van der Waals surface area contributed by atoms with Crippen LogP contribution < -0.4 is 10.6 Å². The van der Waals surface area contributed by atoms with Gasteiger partial charge in [0.1, 0.15) is 0 Å². The Balaban J connectivity index is 2.66. The molecular formula is C12H14Cl2N2S. The molecule has 5 heteroatoms. The predicted octanol–water partition coefficient (Wildman–Crippen LogP) is 3.70. The fourth-order valence-electron chi connectivity index (χ4n) is 1.34. The molecule has 0 aromatic heterocycles. The van der Waals surface area contributed by atoms with Crippen LogP contribution in [0.15, 0.2) is 30.9 Å². The van der Waals surface area contributed by atoms with Crippen molar-refractivity contribution in [3.05, 3.63) is 46.5 Å². The predicted molar refractivity (Wildman–Crippen MR) is 78.8 cm³/mol. The monoisotopic (exact) mass is 288 g/mol. The van der Waals surface area contributed by atoms with Crippen LogP contribution in [0.5, 0.6) is 0 Å². The first-order chi connectivity index (χ1) is 8.04. The van der Waals surface area contributed by atoms with E-state index >= 15 is 0 Å². The van der Waals surface area contributed by atoms with Crippen LogP contribution in [0.2, 0.25) is 10.0 Å². The summed E-state index contributed by atoms with van der Waals surface area (Å²) in [5.74, 6) is 0. The first-order valence-electron chi connectivity index (χ1n) is 5.14. The molecule has 0 spiro atoms. The maximum absolute atomic E-state index is 6.11. The van der Waals surface area contributed by atoms with Gasteiger partial charge in [0.25, 0.3) is 0 Å². The summed E-state index contributed by atoms with van der Waals surface area (Å²) in [5.41, 5.74) is 0.957. The van der Waals surface area contributed by atoms with Crippen molar-refractivity contribution in [1.29, 1.82) is 0 Å². The highest BCUT2D eigenvalue weighted by molar-refractivity contribution is 7.80. The summed E-state index contributed by atoms with van der Waals surface area (Å²) < 4.78 is 0. The number of halogens is 2. The summed E-state index contributed by atoms with van der Waals surface area (Å²) in [7, 11) is 0. The van der Waals surface area contributed by atoms with Crippen LogP contribution in [0.4, 0.5) is 0 Å². The van der Waals surface area contributed by atoms with Crippen LogP contribution in [-0.2, 0) is 0 Å². The zero-order valence-electron chi connectivity index (χ0n) is 9.47. The van der Waals surface area contributed by atoms with Crippen molar-refractivity contribution in [3.8, 4) is 0 Å². The topological polar surface area (TPSA) is 24.1 Å². The van der Waals surface area contributed by atoms with Gasteiger partial charge in [-0.1, -0.05) is 35.3 Å². The third-order valence-electron chi connectivity index (χ3n) is 2.18. The van der Waals surface area contributed by atoms with E-state index in [1.54, 1.807) is 18.2 Å². The van der Waals surface area contributed by atoms with E-state index in [1.807, 2.05) is 13.0 Å². The zero-order chi connectivity index (χ0) is 12.8. The highest BCUT2D eigenvalue weighted by atomic mass is 35.5. The number of rotatable bonds is 4. The molecule has 0 bridgehead atoms. The molecule has 0 saturated carbocycles. The van der Waals surface area contributed by atoms with Gasteiger partial charge in [-0.15, -0.1) is 6.58 Å². The Labute approximate surface area is 117 Å². The molecule has 1 atom stereocenters. The second-order valence-corrected chi connectivity index (χ2v) is 4.78. The molecular weight excluding hydrogens is 275 g/mol. The maximum Gasteiger partial charge on any atom is 0.167 e.